The molecule has 27 heavy (non-hydrogen) atoms. The highest BCUT2D eigenvalue weighted by Gasteiger charge is 2.31. The van der Waals surface area contributed by atoms with E-state index in [0.717, 1.165) is 10.1 Å². The summed E-state index contributed by atoms with van der Waals surface area (Å²) in [5, 5.41) is 12.0. The van der Waals surface area contributed by atoms with Crippen molar-refractivity contribution in [2.75, 3.05) is 5.32 Å². The molecule has 0 unspecified atom stereocenters. The topological polar surface area (TPSA) is 64.1 Å². The Morgan fingerprint density at radius 2 is 1.85 bits per heavy atom. The number of anilines is 1. The first kappa shape index (κ1) is 19.7. The van der Waals surface area contributed by atoms with Crippen LogP contribution < -0.4 is 10.1 Å². The second kappa shape index (κ2) is 8.73. The average Bonchev–Trinajstić information content (AvgIpc) is 3.10. The van der Waals surface area contributed by atoms with Crippen molar-refractivity contribution in [2.24, 2.45) is 0 Å². The van der Waals surface area contributed by atoms with E-state index >= 15 is 0 Å². The lowest BCUT2D eigenvalue weighted by Gasteiger charge is -2.24. The van der Waals surface area contributed by atoms with Gasteiger partial charge in [-0.15, -0.1) is 10.2 Å². The molecule has 2 aromatic carbocycles. The fourth-order valence-electron chi connectivity index (χ4n) is 2.13. The predicted octanol–water partition coefficient (Wildman–Crippen LogP) is 5.28. The van der Waals surface area contributed by atoms with Crippen molar-refractivity contribution in [3.63, 3.8) is 0 Å². The quantitative estimate of drug-likeness (QED) is 0.417. The normalized spacial score (nSPS) is 11.2. The van der Waals surface area contributed by atoms with Gasteiger partial charge in [0.05, 0.1) is 0 Å². The largest absolute Gasteiger partial charge is 0.478 e. The SMILES string of the molecule is CC(C)(Oc1ccc(Cl)cc1)C(=O)Nc1nnc(SCc2ccccc2)s1. The van der Waals surface area contributed by atoms with Crippen molar-refractivity contribution in [3.8, 4) is 5.75 Å². The van der Waals surface area contributed by atoms with E-state index in [2.05, 4.69) is 27.6 Å². The Labute approximate surface area is 171 Å². The summed E-state index contributed by atoms with van der Waals surface area (Å²) in [6, 6.07) is 17.0. The summed E-state index contributed by atoms with van der Waals surface area (Å²) in [5.74, 6) is 1.07. The second-order valence-corrected chi connectivity index (χ2v) is 8.80. The monoisotopic (exact) mass is 419 g/mol. The molecule has 1 amide bonds. The van der Waals surface area contributed by atoms with Gasteiger partial charge in [-0.3, -0.25) is 10.1 Å². The number of ether oxygens (including phenoxy) is 1. The third kappa shape index (κ3) is 5.69. The number of halogens is 1. The Bertz CT molecular complexity index is 899. The number of hydrogen-bond acceptors (Lipinski definition) is 6. The summed E-state index contributed by atoms with van der Waals surface area (Å²) >= 11 is 8.79. The highest BCUT2D eigenvalue weighted by Crippen LogP contribution is 2.29. The van der Waals surface area contributed by atoms with E-state index in [0.29, 0.717) is 15.9 Å². The van der Waals surface area contributed by atoms with Gasteiger partial charge in [0.15, 0.2) is 9.94 Å². The molecule has 0 aliphatic carbocycles. The maximum atomic E-state index is 12.6. The van der Waals surface area contributed by atoms with Gasteiger partial charge in [0.1, 0.15) is 5.75 Å². The highest BCUT2D eigenvalue weighted by atomic mass is 35.5. The third-order valence-corrected chi connectivity index (χ3v) is 5.86. The Morgan fingerprint density at radius 3 is 2.56 bits per heavy atom. The van der Waals surface area contributed by atoms with Crippen LogP contribution in [0, 0.1) is 0 Å². The van der Waals surface area contributed by atoms with Gasteiger partial charge in [0.25, 0.3) is 5.91 Å². The minimum atomic E-state index is -1.07. The molecule has 5 nitrogen and oxygen atoms in total. The molecular formula is C19H18ClN3O2S2. The van der Waals surface area contributed by atoms with Gasteiger partial charge in [-0.1, -0.05) is 65.0 Å². The molecule has 3 aromatic rings. The molecule has 0 saturated carbocycles. The van der Waals surface area contributed by atoms with Crippen LogP contribution >= 0.6 is 34.7 Å². The zero-order chi connectivity index (χ0) is 19.3. The summed E-state index contributed by atoms with van der Waals surface area (Å²) in [6.45, 7) is 3.39. The lowest BCUT2D eigenvalue weighted by atomic mass is 10.1. The molecule has 1 N–H and O–H groups in total. The fourth-order valence-corrected chi connectivity index (χ4v) is 3.96. The molecule has 0 radical (unpaired) electrons. The molecule has 1 heterocycles. The first-order valence-electron chi connectivity index (χ1n) is 8.19. The minimum Gasteiger partial charge on any atom is -0.478 e. The maximum absolute atomic E-state index is 12.6. The van der Waals surface area contributed by atoms with Gasteiger partial charge in [0, 0.05) is 10.8 Å². The van der Waals surface area contributed by atoms with Gasteiger partial charge < -0.3 is 4.74 Å². The fraction of sp³-hybridized carbons (Fsp3) is 0.211. The van der Waals surface area contributed by atoms with E-state index < -0.39 is 5.60 Å². The van der Waals surface area contributed by atoms with Crippen LogP contribution in [0.2, 0.25) is 5.02 Å². The lowest BCUT2D eigenvalue weighted by Crippen LogP contribution is -2.42. The van der Waals surface area contributed by atoms with Crippen LogP contribution in [0.1, 0.15) is 19.4 Å². The van der Waals surface area contributed by atoms with E-state index in [-0.39, 0.29) is 5.91 Å². The van der Waals surface area contributed by atoms with Gasteiger partial charge in [-0.05, 0) is 43.7 Å². The van der Waals surface area contributed by atoms with Gasteiger partial charge in [-0.2, -0.15) is 0 Å². The Hall–Kier alpha value is -2.09. The maximum Gasteiger partial charge on any atom is 0.269 e. The van der Waals surface area contributed by atoms with Crippen LogP contribution in [0.25, 0.3) is 0 Å². The second-order valence-electron chi connectivity index (χ2n) is 6.17. The van der Waals surface area contributed by atoms with Crippen LogP contribution in [-0.4, -0.2) is 21.7 Å². The Kier molecular flexibility index (Phi) is 6.36. The highest BCUT2D eigenvalue weighted by molar-refractivity contribution is 8.00. The number of thioether (sulfide) groups is 1. The molecular weight excluding hydrogens is 402 g/mol. The summed E-state index contributed by atoms with van der Waals surface area (Å²) in [5.41, 5.74) is 0.136. The van der Waals surface area contributed by atoms with E-state index in [1.165, 1.54) is 16.9 Å². The molecule has 0 saturated heterocycles. The molecule has 140 valence electrons. The first-order chi connectivity index (χ1) is 12.9. The molecule has 3 rings (SSSR count). The van der Waals surface area contributed by atoms with Crippen LogP contribution in [0.4, 0.5) is 5.13 Å². The van der Waals surface area contributed by atoms with E-state index in [4.69, 9.17) is 16.3 Å². The van der Waals surface area contributed by atoms with E-state index in [1.54, 1.807) is 49.9 Å². The standard InChI is InChI=1S/C19H18ClN3O2S2/c1-19(2,25-15-10-8-14(20)9-11-15)16(24)21-17-22-23-18(27-17)26-12-13-6-4-3-5-7-13/h3-11H,12H2,1-2H3,(H,21,22,24). The number of aromatic nitrogens is 2. The molecule has 1 aromatic heterocycles. The summed E-state index contributed by atoms with van der Waals surface area (Å²) in [4.78, 5) is 12.6. The molecule has 0 aliphatic heterocycles. The van der Waals surface area contributed by atoms with E-state index in [9.17, 15) is 4.79 Å². The van der Waals surface area contributed by atoms with Gasteiger partial charge >= 0.3 is 0 Å². The van der Waals surface area contributed by atoms with Crippen molar-refractivity contribution in [1.29, 1.82) is 0 Å². The smallest absolute Gasteiger partial charge is 0.269 e. The summed E-state index contributed by atoms with van der Waals surface area (Å²) in [6.07, 6.45) is 0. The van der Waals surface area contributed by atoms with Crippen molar-refractivity contribution in [3.05, 3.63) is 65.2 Å². The zero-order valence-corrected chi connectivity index (χ0v) is 17.2. The Morgan fingerprint density at radius 1 is 1.15 bits per heavy atom. The third-order valence-electron chi connectivity index (χ3n) is 3.57. The number of carbonyl (C=O) groups is 1. The summed E-state index contributed by atoms with van der Waals surface area (Å²) in [7, 11) is 0. The molecule has 0 spiro atoms. The lowest BCUT2D eigenvalue weighted by molar-refractivity contribution is -0.128. The summed E-state index contributed by atoms with van der Waals surface area (Å²) < 4.78 is 6.58. The zero-order valence-electron chi connectivity index (χ0n) is 14.8. The number of benzene rings is 2. The number of hydrogen-bond donors (Lipinski definition) is 1. The van der Waals surface area contributed by atoms with Crippen molar-refractivity contribution in [1.82, 2.24) is 10.2 Å². The Balaban J connectivity index is 1.57. The molecule has 0 atom stereocenters. The molecule has 8 heteroatoms. The predicted molar refractivity (Wildman–Crippen MR) is 111 cm³/mol. The number of nitrogens with zero attached hydrogens (tertiary/aromatic N) is 2. The molecule has 0 fully saturated rings. The average molecular weight is 420 g/mol. The number of carbonyl (C=O) groups excluding carboxylic acids is 1. The first-order valence-corrected chi connectivity index (χ1v) is 10.4. The van der Waals surface area contributed by atoms with Crippen molar-refractivity contribution < 1.29 is 9.53 Å². The van der Waals surface area contributed by atoms with Crippen LogP contribution in [0.3, 0.4) is 0 Å². The molecule has 0 aliphatic rings. The number of rotatable bonds is 7. The van der Waals surface area contributed by atoms with Crippen LogP contribution in [-0.2, 0) is 10.5 Å². The van der Waals surface area contributed by atoms with Crippen LogP contribution in [0.5, 0.6) is 5.75 Å². The van der Waals surface area contributed by atoms with Crippen LogP contribution in [0.15, 0.2) is 58.9 Å². The van der Waals surface area contributed by atoms with Crippen molar-refractivity contribution in [2.45, 2.75) is 29.5 Å². The van der Waals surface area contributed by atoms with E-state index in [1.807, 2.05) is 18.2 Å². The van der Waals surface area contributed by atoms with Crippen molar-refractivity contribution >= 4 is 45.7 Å². The van der Waals surface area contributed by atoms with Gasteiger partial charge in [0.2, 0.25) is 5.13 Å². The van der Waals surface area contributed by atoms with Gasteiger partial charge in [-0.25, -0.2) is 0 Å². The molecule has 0 bridgehead atoms. The minimum absolute atomic E-state index is 0.298. The number of nitrogens with one attached hydrogen (secondary N) is 1. The number of amides is 1.